The molecule has 188 valence electrons. The van der Waals surface area contributed by atoms with E-state index in [1.54, 1.807) is 18.5 Å². The Morgan fingerprint density at radius 3 is 2.94 bits per heavy atom. The monoisotopic (exact) mass is 481 g/mol. The van der Waals surface area contributed by atoms with Crippen molar-refractivity contribution in [2.24, 2.45) is 0 Å². The summed E-state index contributed by atoms with van der Waals surface area (Å²) in [7, 11) is 0. The van der Waals surface area contributed by atoms with Crippen molar-refractivity contribution >= 4 is 17.8 Å². The van der Waals surface area contributed by atoms with Crippen molar-refractivity contribution in [3.8, 4) is 5.75 Å². The molecular weight excluding hydrogens is 446 g/mol. The van der Waals surface area contributed by atoms with Crippen molar-refractivity contribution < 1.29 is 19.1 Å². The predicted molar refractivity (Wildman–Crippen MR) is 133 cm³/mol. The third kappa shape index (κ3) is 8.31. The van der Waals surface area contributed by atoms with Crippen LogP contribution in [0.15, 0.2) is 42.7 Å². The van der Waals surface area contributed by atoms with E-state index in [1.165, 1.54) is 11.6 Å². The number of ether oxygens (including phenoxy) is 2. The molecule has 2 aliphatic rings. The van der Waals surface area contributed by atoms with E-state index in [4.69, 9.17) is 14.3 Å². The number of hydrogen-bond acceptors (Lipinski definition) is 8. The number of nitrogens with zero attached hydrogens (tertiary/aromatic N) is 3. The molecule has 0 radical (unpaired) electrons. The molecule has 4 rings (SSSR count). The molecule has 0 spiro atoms. The van der Waals surface area contributed by atoms with Gasteiger partial charge in [-0.25, -0.2) is 15.3 Å². The Hall–Kier alpha value is -3.01. The average Bonchev–Trinajstić information content (AvgIpc) is 3.29. The van der Waals surface area contributed by atoms with Crippen LogP contribution in [0, 0.1) is 0 Å². The number of amides is 1. The van der Waals surface area contributed by atoms with E-state index in [1.807, 2.05) is 26.0 Å². The van der Waals surface area contributed by atoms with Crippen molar-refractivity contribution in [3.63, 3.8) is 0 Å². The molecule has 2 aromatic rings. The molecule has 1 aromatic heterocycles. The molecule has 2 N–H and O–H groups in total. The third-order valence-electron chi connectivity index (χ3n) is 5.81. The van der Waals surface area contributed by atoms with Gasteiger partial charge in [-0.2, -0.15) is 0 Å². The van der Waals surface area contributed by atoms with Gasteiger partial charge in [-0.15, -0.1) is 0 Å². The molecule has 1 unspecified atom stereocenters. The quantitative estimate of drug-likeness (QED) is 0.393. The Balaban J connectivity index is 1.19. The number of carbonyl (C=O) groups is 1. The number of hydroxylamine groups is 1. The minimum Gasteiger partial charge on any atom is -0.491 e. The van der Waals surface area contributed by atoms with Crippen LogP contribution in [0.1, 0.15) is 50.8 Å². The van der Waals surface area contributed by atoms with Gasteiger partial charge < -0.3 is 14.8 Å². The molecule has 0 aliphatic carbocycles. The summed E-state index contributed by atoms with van der Waals surface area (Å²) < 4.78 is 11.2. The van der Waals surface area contributed by atoms with Crippen molar-refractivity contribution in [1.82, 2.24) is 20.3 Å². The molecule has 1 aromatic carbocycles. The highest BCUT2D eigenvalue weighted by Crippen LogP contribution is 2.20. The van der Waals surface area contributed by atoms with Gasteiger partial charge in [0.05, 0.1) is 24.2 Å². The Bertz CT molecular complexity index is 976. The van der Waals surface area contributed by atoms with Crippen LogP contribution in [0.3, 0.4) is 0 Å². The lowest BCUT2D eigenvalue weighted by molar-refractivity contribution is -0.198. The first-order chi connectivity index (χ1) is 17.0. The molecule has 2 atom stereocenters. The summed E-state index contributed by atoms with van der Waals surface area (Å²) in [6, 6.07) is 8.62. The number of likely N-dealkylation sites (tertiary alicyclic amines) is 1. The standard InChI is InChI=1S/C26H35N5O4/c1-19(2)34-23-7-5-6-20(14-23)17-31-12-11-22(18-31)29-24-16-27-21(15-28-24)9-10-25(32)30-35-26-8-3-4-13-33-26/h5-7,9-10,14-16,19,22,26H,3-4,8,11-13,17-18H2,1-2H3,(H,28,29)(H,30,32)/b10-9+/t22-,26?/m1/s1. The number of carbonyl (C=O) groups excluding carboxylic acids is 1. The SMILES string of the molecule is CC(C)Oc1cccc(CN2CC[C@@H](Nc3cnc(/C=C/C(=O)NOC4CCCCO4)cn3)C2)c1. The zero-order valence-electron chi connectivity index (χ0n) is 20.5. The van der Waals surface area contributed by atoms with Crippen LogP contribution in [0.4, 0.5) is 5.82 Å². The molecule has 0 bridgehead atoms. The second-order valence-electron chi connectivity index (χ2n) is 9.22. The Kier molecular flexibility index (Phi) is 9.05. The third-order valence-corrected chi connectivity index (χ3v) is 5.81. The van der Waals surface area contributed by atoms with Crippen LogP contribution in [-0.2, 0) is 20.9 Å². The van der Waals surface area contributed by atoms with Crippen molar-refractivity contribution in [2.75, 3.05) is 25.0 Å². The first-order valence-corrected chi connectivity index (χ1v) is 12.4. The van der Waals surface area contributed by atoms with Crippen LogP contribution in [0.2, 0.25) is 0 Å². The van der Waals surface area contributed by atoms with Crippen LogP contribution in [0.25, 0.3) is 6.08 Å². The van der Waals surface area contributed by atoms with Gasteiger partial charge in [0, 0.05) is 44.8 Å². The summed E-state index contributed by atoms with van der Waals surface area (Å²) in [4.78, 5) is 28.4. The molecule has 35 heavy (non-hydrogen) atoms. The lowest BCUT2D eigenvalue weighted by Crippen LogP contribution is -2.32. The maximum Gasteiger partial charge on any atom is 0.267 e. The fraction of sp³-hybridized carbons (Fsp3) is 0.500. The molecule has 2 fully saturated rings. The maximum absolute atomic E-state index is 11.9. The average molecular weight is 482 g/mol. The molecule has 3 heterocycles. The predicted octanol–water partition coefficient (Wildman–Crippen LogP) is 3.54. The number of nitrogens with one attached hydrogen (secondary N) is 2. The van der Waals surface area contributed by atoms with Gasteiger partial charge in [-0.05, 0) is 56.9 Å². The van der Waals surface area contributed by atoms with Gasteiger partial charge >= 0.3 is 0 Å². The van der Waals surface area contributed by atoms with Gasteiger partial charge in [0.1, 0.15) is 11.6 Å². The highest BCUT2D eigenvalue weighted by Gasteiger charge is 2.23. The Morgan fingerprint density at radius 1 is 1.26 bits per heavy atom. The van der Waals surface area contributed by atoms with Gasteiger partial charge in [0.25, 0.3) is 5.91 Å². The first kappa shape index (κ1) is 25.1. The molecule has 0 saturated carbocycles. The van der Waals surface area contributed by atoms with Crippen molar-refractivity contribution in [1.29, 1.82) is 0 Å². The number of benzene rings is 1. The van der Waals surface area contributed by atoms with Crippen LogP contribution >= 0.6 is 0 Å². The Labute approximate surface area is 206 Å². The number of hydrogen-bond donors (Lipinski definition) is 2. The van der Waals surface area contributed by atoms with Crippen LogP contribution in [-0.4, -0.2) is 58.9 Å². The van der Waals surface area contributed by atoms with E-state index in [0.29, 0.717) is 18.3 Å². The van der Waals surface area contributed by atoms with E-state index in [9.17, 15) is 4.79 Å². The summed E-state index contributed by atoms with van der Waals surface area (Å²) in [5.74, 6) is 1.28. The minimum atomic E-state index is -0.373. The van der Waals surface area contributed by atoms with E-state index >= 15 is 0 Å². The van der Waals surface area contributed by atoms with E-state index < -0.39 is 0 Å². The summed E-state index contributed by atoms with van der Waals surface area (Å²) in [6.07, 6.45) is 9.99. The lowest BCUT2D eigenvalue weighted by atomic mass is 10.2. The van der Waals surface area contributed by atoms with Gasteiger partial charge in [-0.1, -0.05) is 12.1 Å². The lowest BCUT2D eigenvalue weighted by Gasteiger charge is -2.21. The fourth-order valence-corrected chi connectivity index (χ4v) is 4.17. The smallest absolute Gasteiger partial charge is 0.267 e. The largest absolute Gasteiger partial charge is 0.491 e. The first-order valence-electron chi connectivity index (χ1n) is 12.4. The Morgan fingerprint density at radius 2 is 2.17 bits per heavy atom. The molecule has 9 nitrogen and oxygen atoms in total. The second kappa shape index (κ2) is 12.6. The number of anilines is 1. The summed E-state index contributed by atoms with van der Waals surface area (Å²) in [6.45, 7) is 7.58. The minimum absolute atomic E-state index is 0.168. The zero-order valence-corrected chi connectivity index (χ0v) is 20.5. The van der Waals surface area contributed by atoms with Gasteiger partial charge in [0.15, 0.2) is 6.29 Å². The molecule has 2 aliphatic heterocycles. The van der Waals surface area contributed by atoms with Crippen LogP contribution in [0.5, 0.6) is 5.75 Å². The summed E-state index contributed by atoms with van der Waals surface area (Å²) in [5.41, 5.74) is 4.24. The van der Waals surface area contributed by atoms with Gasteiger partial charge in [-0.3, -0.25) is 14.7 Å². The molecule has 2 saturated heterocycles. The molecule has 9 heteroatoms. The normalized spacial score (nSPS) is 20.9. The molecule has 1 amide bonds. The van der Waals surface area contributed by atoms with E-state index in [0.717, 1.165) is 56.9 Å². The highest BCUT2D eigenvalue weighted by atomic mass is 16.8. The summed E-state index contributed by atoms with van der Waals surface area (Å²) >= 11 is 0. The summed E-state index contributed by atoms with van der Waals surface area (Å²) in [5, 5.41) is 3.47. The highest BCUT2D eigenvalue weighted by molar-refractivity contribution is 5.90. The van der Waals surface area contributed by atoms with E-state index in [2.05, 4.69) is 37.8 Å². The van der Waals surface area contributed by atoms with E-state index in [-0.39, 0.29) is 18.3 Å². The second-order valence-corrected chi connectivity index (χ2v) is 9.22. The maximum atomic E-state index is 11.9. The molecular formula is C26H35N5O4. The van der Waals surface area contributed by atoms with Crippen LogP contribution < -0.4 is 15.5 Å². The fourth-order valence-electron chi connectivity index (χ4n) is 4.17. The van der Waals surface area contributed by atoms with Crippen molar-refractivity contribution in [2.45, 2.75) is 64.5 Å². The topological polar surface area (TPSA) is 97.8 Å². The van der Waals surface area contributed by atoms with Crippen molar-refractivity contribution in [3.05, 3.63) is 54.0 Å². The van der Waals surface area contributed by atoms with Gasteiger partial charge in [0.2, 0.25) is 0 Å². The number of rotatable bonds is 10. The zero-order chi connectivity index (χ0) is 24.5. The number of aromatic nitrogens is 2.